The Morgan fingerprint density at radius 2 is 2.07 bits per heavy atom. The first-order valence-electron chi connectivity index (χ1n) is 4.56. The lowest BCUT2D eigenvalue weighted by atomic mass is 10.2. The molecule has 0 rings (SSSR count). The zero-order valence-corrected chi connectivity index (χ0v) is 9.20. The fourth-order valence-corrected chi connectivity index (χ4v) is 0.783. The molecule has 0 aromatic heterocycles. The second-order valence-electron chi connectivity index (χ2n) is 4.16. The number of nitrogens with one attached hydrogen (secondary N) is 1. The van der Waals surface area contributed by atoms with Crippen molar-refractivity contribution in [1.29, 1.82) is 0 Å². The van der Waals surface area contributed by atoms with Gasteiger partial charge in [0.05, 0.1) is 12.1 Å². The van der Waals surface area contributed by atoms with E-state index in [0.717, 1.165) is 0 Å². The van der Waals surface area contributed by atoms with Crippen LogP contribution >= 0.6 is 0 Å². The Balaban J connectivity index is 4.01. The van der Waals surface area contributed by atoms with E-state index in [1.165, 1.54) is 6.08 Å². The SMILES string of the molecule is C=CC(O)[C@H](C)NC(=O)OC(C)(C)C. The summed E-state index contributed by atoms with van der Waals surface area (Å²) in [5.74, 6) is 0. The summed E-state index contributed by atoms with van der Waals surface area (Å²) < 4.78 is 5.01. The van der Waals surface area contributed by atoms with Crippen LogP contribution < -0.4 is 5.32 Å². The normalized spacial score (nSPS) is 15.5. The van der Waals surface area contributed by atoms with E-state index in [1.54, 1.807) is 27.7 Å². The highest BCUT2D eigenvalue weighted by molar-refractivity contribution is 5.68. The Bertz CT molecular complexity index is 208. The largest absolute Gasteiger partial charge is 0.444 e. The molecule has 0 heterocycles. The van der Waals surface area contributed by atoms with E-state index in [2.05, 4.69) is 11.9 Å². The number of aliphatic hydroxyl groups excluding tert-OH is 1. The number of carbonyl (C=O) groups is 1. The number of hydrogen-bond acceptors (Lipinski definition) is 3. The van der Waals surface area contributed by atoms with Gasteiger partial charge in [-0.3, -0.25) is 0 Å². The third-order valence-corrected chi connectivity index (χ3v) is 1.50. The van der Waals surface area contributed by atoms with Crippen LogP contribution in [0.1, 0.15) is 27.7 Å². The van der Waals surface area contributed by atoms with Crippen LogP contribution in [0, 0.1) is 0 Å². The van der Waals surface area contributed by atoms with Gasteiger partial charge in [0.15, 0.2) is 0 Å². The highest BCUT2D eigenvalue weighted by Crippen LogP contribution is 2.07. The molecular formula is C10H19NO3. The predicted molar refractivity (Wildman–Crippen MR) is 55.0 cm³/mol. The predicted octanol–water partition coefficient (Wildman–Crippen LogP) is 1.45. The Morgan fingerprint density at radius 1 is 1.57 bits per heavy atom. The monoisotopic (exact) mass is 201 g/mol. The number of aliphatic hydroxyl groups is 1. The number of hydrogen-bond donors (Lipinski definition) is 2. The second kappa shape index (κ2) is 5.00. The summed E-state index contributed by atoms with van der Waals surface area (Å²) in [5, 5.41) is 11.8. The first-order valence-corrected chi connectivity index (χ1v) is 4.56. The van der Waals surface area contributed by atoms with Gasteiger partial charge in [0.25, 0.3) is 0 Å². The lowest BCUT2D eigenvalue weighted by Gasteiger charge is -2.23. The first-order chi connectivity index (χ1) is 6.26. The molecule has 0 bridgehead atoms. The average molecular weight is 201 g/mol. The molecule has 1 unspecified atom stereocenters. The molecule has 82 valence electrons. The Morgan fingerprint density at radius 3 is 2.43 bits per heavy atom. The molecule has 2 atom stereocenters. The maximum atomic E-state index is 11.2. The molecular weight excluding hydrogens is 182 g/mol. The molecule has 4 heteroatoms. The van der Waals surface area contributed by atoms with Crippen LogP contribution in [0.15, 0.2) is 12.7 Å². The maximum Gasteiger partial charge on any atom is 0.407 e. The maximum absolute atomic E-state index is 11.2. The number of rotatable bonds is 3. The molecule has 4 nitrogen and oxygen atoms in total. The summed E-state index contributed by atoms with van der Waals surface area (Å²) in [6.07, 6.45) is 0.0654. The Labute approximate surface area is 85.0 Å². The van der Waals surface area contributed by atoms with Crippen LogP contribution in [0.25, 0.3) is 0 Å². The zero-order chi connectivity index (χ0) is 11.4. The van der Waals surface area contributed by atoms with Crippen LogP contribution in [0.5, 0.6) is 0 Å². The minimum Gasteiger partial charge on any atom is -0.444 e. The molecule has 0 aliphatic carbocycles. The highest BCUT2D eigenvalue weighted by Gasteiger charge is 2.19. The fourth-order valence-electron chi connectivity index (χ4n) is 0.783. The summed E-state index contributed by atoms with van der Waals surface area (Å²) in [6.45, 7) is 10.4. The van der Waals surface area contributed by atoms with Gasteiger partial charge in [0.1, 0.15) is 5.60 Å². The standard InChI is InChI=1S/C10H19NO3/c1-6-8(12)7(2)11-9(13)14-10(3,4)5/h6-8,12H,1H2,2-5H3,(H,11,13)/t7-,8?/m0/s1. The van der Waals surface area contributed by atoms with Gasteiger partial charge >= 0.3 is 6.09 Å². The Hall–Kier alpha value is -1.03. The van der Waals surface area contributed by atoms with Crippen molar-refractivity contribution >= 4 is 6.09 Å². The number of carbonyl (C=O) groups excluding carboxylic acids is 1. The van der Waals surface area contributed by atoms with Gasteiger partial charge in [-0.25, -0.2) is 4.79 Å². The van der Waals surface area contributed by atoms with Crippen molar-refractivity contribution in [2.45, 2.75) is 45.4 Å². The van der Waals surface area contributed by atoms with Gasteiger partial charge in [-0.15, -0.1) is 6.58 Å². The lowest BCUT2D eigenvalue weighted by molar-refractivity contribution is 0.0465. The third-order valence-electron chi connectivity index (χ3n) is 1.50. The Kier molecular flexibility index (Phi) is 4.63. The summed E-state index contributed by atoms with van der Waals surface area (Å²) in [7, 11) is 0. The van der Waals surface area contributed by atoms with E-state index in [1.807, 2.05) is 0 Å². The van der Waals surface area contributed by atoms with Crippen molar-refractivity contribution in [3.63, 3.8) is 0 Å². The van der Waals surface area contributed by atoms with E-state index in [0.29, 0.717) is 0 Å². The fraction of sp³-hybridized carbons (Fsp3) is 0.700. The van der Waals surface area contributed by atoms with Gasteiger partial charge in [0, 0.05) is 0 Å². The molecule has 0 radical (unpaired) electrons. The summed E-state index contributed by atoms with van der Waals surface area (Å²) in [6, 6.07) is -0.401. The van der Waals surface area contributed by atoms with E-state index in [-0.39, 0.29) is 0 Å². The van der Waals surface area contributed by atoms with Crippen LogP contribution in [0.2, 0.25) is 0 Å². The van der Waals surface area contributed by atoms with Gasteiger partial charge in [0.2, 0.25) is 0 Å². The molecule has 14 heavy (non-hydrogen) atoms. The summed E-state index contributed by atoms with van der Waals surface area (Å²) >= 11 is 0. The molecule has 0 aliphatic rings. The molecule has 2 N–H and O–H groups in total. The van der Waals surface area contributed by atoms with Crippen molar-refractivity contribution in [3.8, 4) is 0 Å². The number of amides is 1. The zero-order valence-electron chi connectivity index (χ0n) is 9.20. The first kappa shape index (κ1) is 13.0. The van der Waals surface area contributed by atoms with E-state index in [4.69, 9.17) is 4.74 Å². The minimum absolute atomic E-state index is 0.401. The molecule has 0 aromatic rings. The van der Waals surface area contributed by atoms with Gasteiger partial charge in [-0.05, 0) is 27.7 Å². The van der Waals surface area contributed by atoms with E-state index < -0.39 is 23.8 Å². The highest BCUT2D eigenvalue weighted by atomic mass is 16.6. The minimum atomic E-state index is -0.762. The topological polar surface area (TPSA) is 58.6 Å². The smallest absolute Gasteiger partial charge is 0.407 e. The molecule has 0 saturated heterocycles. The second-order valence-corrected chi connectivity index (χ2v) is 4.16. The van der Waals surface area contributed by atoms with Crippen molar-refractivity contribution in [1.82, 2.24) is 5.32 Å². The van der Waals surface area contributed by atoms with Gasteiger partial charge in [-0.2, -0.15) is 0 Å². The van der Waals surface area contributed by atoms with Crippen LogP contribution in [-0.2, 0) is 4.74 Å². The lowest BCUT2D eigenvalue weighted by Crippen LogP contribution is -2.42. The average Bonchev–Trinajstić information content (AvgIpc) is 1.99. The molecule has 0 fully saturated rings. The molecule has 0 saturated carbocycles. The van der Waals surface area contributed by atoms with E-state index >= 15 is 0 Å². The van der Waals surface area contributed by atoms with E-state index in [9.17, 15) is 9.90 Å². The van der Waals surface area contributed by atoms with Gasteiger partial charge in [-0.1, -0.05) is 6.08 Å². The molecule has 0 aromatic carbocycles. The molecule has 1 amide bonds. The number of ether oxygens (including phenoxy) is 1. The van der Waals surface area contributed by atoms with Crippen molar-refractivity contribution in [2.24, 2.45) is 0 Å². The summed E-state index contributed by atoms with van der Waals surface area (Å²) in [5.41, 5.74) is -0.525. The van der Waals surface area contributed by atoms with Crippen LogP contribution in [0.3, 0.4) is 0 Å². The summed E-state index contributed by atoms with van der Waals surface area (Å²) in [4.78, 5) is 11.2. The van der Waals surface area contributed by atoms with Crippen molar-refractivity contribution < 1.29 is 14.6 Å². The quantitative estimate of drug-likeness (QED) is 0.679. The molecule has 0 aliphatic heterocycles. The van der Waals surface area contributed by atoms with Crippen molar-refractivity contribution in [2.75, 3.05) is 0 Å². The number of alkyl carbamates (subject to hydrolysis) is 1. The molecule has 0 spiro atoms. The van der Waals surface area contributed by atoms with Crippen LogP contribution in [0.4, 0.5) is 4.79 Å². The third kappa shape index (κ3) is 5.59. The van der Waals surface area contributed by atoms with Crippen molar-refractivity contribution in [3.05, 3.63) is 12.7 Å². The van der Waals surface area contributed by atoms with Crippen LogP contribution in [-0.4, -0.2) is 28.9 Å². The van der Waals surface area contributed by atoms with Gasteiger partial charge < -0.3 is 15.2 Å².